The highest BCUT2D eigenvalue weighted by Crippen LogP contribution is 2.44. The van der Waals surface area contributed by atoms with Gasteiger partial charge in [-0.3, -0.25) is 0 Å². The number of aromatic carboxylic acids is 1. The smallest absolute Gasteiger partial charge is 0.335 e. The zero-order valence-electron chi connectivity index (χ0n) is 11.5. The summed E-state index contributed by atoms with van der Waals surface area (Å²) >= 11 is 1.87. The summed E-state index contributed by atoms with van der Waals surface area (Å²) < 4.78 is 6.05. The van der Waals surface area contributed by atoms with E-state index >= 15 is 0 Å². The summed E-state index contributed by atoms with van der Waals surface area (Å²) in [6.07, 6.45) is 7.24. The van der Waals surface area contributed by atoms with E-state index in [9.17, 15) is 4.79 Å². The molecule has 1 unspecified atom stereocenters. The molecule has 1 heterocycles. The van der Waals surface area contributed by atoms with Gasteiger partial charge in [0.2, 0.25) is 0 Å². The Morgan fingerprint density at radius 2 is 1.95 bits per heavy atom. The van der Waals surface area contributed by atoms with E-state index in [1.165, 1.54) is 25.7 Å². The molecule has 1 aromatic carbocycles. The summed E-state index contributed by atoms with van der Waals surface area (Å²) in [4.78, 5) is 12.0. The van der Waals surface area contributed by atoms with Gasteiger partial charge in [0.1, 0.15) is 0 Å². The lowest BCUT2D eigenvalue weighted by Crippen LogP contribution is -2.38. The normalized spacial score (nSPS) is 24.9. The number of hydrogen-bond donors (Lipinski definition) is 1. The predicted octanol–water partition coefficient (Wildman–Crippen LogP) is 3.97. The molecule has 0 aromatic heterocycles. The molecule has 0 bridgehead atoms. The molecular weight excluding hydrogens is 272 g/mol. The maximum absolute atomic E-state index is 10.8. The third-order valence-electron chi connectivity index (χ3n) is 4.37. The van der Waals surface area contributed by atoms with E-state index < -0.39 is 5.97 Å². The average Bonchev–Trinajstić information content (AvgIpc) is 2.87. The van der Waals surface area contributed by atoms with Crippen molar-refractivity contribution >= 4 is 17.7 Å². The molecule has 1 aromatic rings. The number of thioether (sulfide) groups is 1. The van der Waals surface area contributed by atoms with Crippen LogP contribution in [0.1, 0.15) is 48.9 Å². The van der Waals surface area contributed by atoms with Crippen LogP contribution in [0, 0.1) is 0 Å². The van der Waals surface area contributed by atoms with Gasteiger partial charge < -0.3 is 9.84 Å². The van der Waals surface area contributed by atoms with Gasteiger partial charge in [-0.25, -0.2) is 4.79 Å². The molecule has 3 rings (SSSR count). The Hall–Kier alpha value is -1.00. The number of carboxylic acid groups (broad SMARTS) is 1. The molecule has 0 radical (unpaired) electrons. The molecule has 108 valence electrons. The first-order chi connectivity index (χ1) is 9.67. The lowest BCUT2D eigenvalue weighted by Gasteiger charge is -2.38. The molecule has 1 aliphatic heterocycles. The van der Waals surface area contributed by atoms with Crippen molar-refractivity contribution in [3.63, 3.8) is 0 Å². The maximum atomic E-state index is 10.8. The molecule has 2 aliphatic rings. The largest absolute Gasteiger partial charge is 0.478 e. The first kappa shape index (κ1) is 14.0. The number of benzene rings is 1. The van der Waals surface area contributed by atoms with Crippen molar-refractivity contribution in [3.8, 4) is 0 Å². The van der Waals surface area contributed by atoms with E-state index in [2.05, 4.69) is 0 Å². The predicted molar refractivity (Wildman–Crippen MR) is 79.4 cm³/mol. The second kappa shape index (κ2) is 5.78. The summed E-state index contributed by atoms with van der Waals surface area (Å²) in [5.74, 6) is -0.863. The molecule has 3 nitrogen and oxygen atoms in total. The number of rotatable bonds is 3. The van der Waals surface area contributed by atoms with Crippen molar-refractivity contribution in [1.82, 2.24) is 0 Å². The molecule has 1 saturated heterocycles. The van der Waals surface area contributed by atoms with Crippen LogP contribution in [0.4, 0.5) is 0 Å². The third kappa shape index (κ3) is 3.01. The molecule has 1 saturated carbocycles. The van der Waals surface area contributed by atoms with E-state index in [0.717, 1.165) is 24.3 Å². The van der Waals surface area contributed by atoms with E-state index in [1.54, 1.807) is 12.1 Å². The van der Waals surface area contributed by atoms with Gasteiger partial charge in [0.05, 0.1) is 11.2 Å². The monoisotopic (exact) mass is 292 g/mol. The standard InChI is InChI=1S/C16H20O3S/c17-15(18)12-3-5-13(6-4-12)20-14-7-10-19-16(11-14)8-1-2-9-16/h3-6,14H,1-2,7-11H2,(H,17,18). The summed E-state index contributed by atoms with van der Waals surface area (Å²) in [5.41, 5.74) is 0.505. The van der Waals surface area contributed by atoms with Crippen LogP contribution < -0.4 is 0 Å². The molecule has 1 N–H and O–H groups in total. The van der Waals surface area contributed by atoms with E-state index in [-0.39, 0.29) is 5.60 Å². The minimum atomic E-state index is -0.863. The van der Waals surface area contributed by atoms with Gasteiger partial charge in [-0.05, 0) is 49.9 Å². The summed E-state index contributed by atoms with van der Waals surface area (Å²) in [7, 11) is 0. The number of carboxylic acids is 1. The molecule has 1 aliphatic carbocycles. The number of hydrogen-bond acceptors (Lipinski definition) is 3. The van der Waals surface area contributed by atoms with Gasteiger partial charge in [-0.2, -0.15) is 0 Å². The highest BCUT2D eigenvalue weighted by Gasteiger charge is 2.40. The zero-order chi connectivity index (χ0) is 14.0. The van der Waals surface area contributed by atoms with Gasteiger partial charge >= 0.3 is 5.97 Å². The van der Waals surface area contributed by atoms with Gasteiger partial charge in [-0.1, -0.05) is 12.8 Å². The Labute approximate surface area is 123 Å². The second-order valence-electron chi connectivity index (χ2n) is 5.80. The minimum Gasteiger partial charge on any atom is -0.478 e. The van der Waals surface area contributed by atoms with Crippen molar-refractivity contribution in [2.75, 3.05) is 6.61 Å². The maximum Gasteiger partial charge on any atom is 0.335 e. The number of carbonyl (C=O) groups is 1. The van der Waals surface area contributed by atoms with Gasteiger partial charge in [0, 0.05) is 16.8 Å². The highest BCUT2D eigenvalue weighted by molar-refractivity contribution is 8.00. The zero-order valence-corrected chi connectivity index (χ0v) is 12.3. The molecule has 20 heavy (non-hydrogen) atoms. The Morgan fingerprint density at radius 1 is 1.25 bits per heavy atom. The number of ether oxygens (including phenoxy) is 1. The summed E-state index contributed by atoms with van der Waals surface area (Å²) in [5, 5.41) is 9.51. The molecular formula is C16H20O3S. The van der Waals surface area contributed by atoms with E-state index in [4.69, 9.17) is 9.84 Å². The lowest BCUT2D eigenvalue weighted by molar-refractivity contribution is -0.0704. The lowest BCUT2D eigenvalue weighted by atomic mass is 9.92. The van der Waals surface area contributed by atoms with Gasteiger partial charge in [0.15, 0.2) is 0 Å². The van der Waals surface area contributed by atoms with Crippen LogP contribution in [0.25, 0.3) is 0 Å². The fraction of sp³-hybridized carbons (Fsp3) is 0.562. The minimum absolute atomic E-state index is 0.150. The third-order valence-corrected chi connectivity index (χ3v) is 5.65. The first-order valence-electron chi connectivity index (χ1n) is 7.31. The van der Waals surface area contributed by atoms with Crippen molar-refractivity contribution in [3.05, 3.63) is 29.8 Å². The van der Waals surface area contributed by atoms with E-state index in [0.29, 0.717) is 10.8 Å². The van der Waals surface area contributed by atoms with Gasteiger partial charge in [0.25, 0.3) is 0 Å². The Morgan fingerprint density at radius 3 is 2.60 bits per heavy atom. The van der Waals surface area contributed by atoms with Gasteiger partial charge in [-0.15, -0.1) is 11.8 Å². The van der Waals surface area contributed by atoms with Crippen LogP contribution in [0.15, 0.2) is 29.2 Å². The first-order valence-corrected chi connectivity index (χ1v) is 8.19. The molecule has 0 amide bonds. The molecule has 1 spiro atoms. The van der Waals surface area contributed by atoms with Crippen molar-refractivity contribution < 1.29 is 14.6 Å². The fourth-order valence-corrected chi connectivity index (χ4v) is 4.60. The van der Waals surface area contributed by atoms with Crippen molar-refractivity contribution in [2.45, 2.75) is 54.3 Å². The Kier molecular flexibility index (Phi) is 4.03. The Balaban J connectivity index is 1.63. The summed E-state index contributed by atoms with van der Waals surface area (Å²) in [6.45, 7) is 0.866. The second-order valence-corrected chi connectivity index (χ2v) is 7.17. The topological polar surface area (TPSA) is 46.5 Å². The van der Waals surface area contributed by atoms with Crippen molar-refractivity contribution in [2.24, 2.45) is 0 Å². The average molecular weight is 292 g/mol. The van der Waals surface area contributed by atoms with Crippen LogP contribution in [0.3, 0.4) is 0 Å². The molecule has 1 atom stereocenters. The van der Waals surface area contributed by atoms with Crippen LogP contribution >= 0.6 is 11.8 Å². The highest BCUT2D eigenvalue weighted by atomic mass is 32.2. The van der Waals surface area contributed by atoms with Crippen LogP contribution in [-0.2, 0) is 4.74 Å². The van der Waals surface area contributed by atoms with E-state index in [1.807, 2.05) is 23.9 Å². The quantitative estimate of drug-likeness (QED) is 0.915. The molecule has 4 heteroatoms. The Bertz CT molecular complexity index is 477. The van der Waals surface area contributed by atoms with Crippen LogP contribution in [0.2, 0.25) is 0 Å². The summed E-state index contributed by atoms with van der Waals surface area (Å²) in [6, 6.07) is 7.22. The van der Waals surface area contributed by atoms with Crippen LogP contribution in [0.5, 0.6) is 0 Å². The fourth-order valence-electron chi connectivity index (χ4n) is 3.32. The molecule has 2 fully saturated rings. The van der Waals surface area contributed by atoms with Crippen molar-refractivity contribution in [1.29, 1.82) is 0 Å². The van der Waals surface area contributed by atoms with Crippen LogP contribution in [-0.4, -0.2) is 28.5 Å². The SMILES string of the molecule is O=C(O)c1ccc(SC2CCOC3(CCCC3)C2)cc1.